The van der Waals surface area contributed by atoms with Crippen molar-refractivity contribution < 1.29 is 4.79 Å². The van der Waals surface area contributed by atoms with Crippen molar-refractivity contribution in [3.8, 4) is 10.8 Å². The SMILES string of the molecule is CCNC(=O)CCCCCCCCC#CBr. The molecule has 92 valence electrons. The summed E-state index contributed by atoms with van der Waals surface area (Å²) in [6.45, 7) is 2.70. The van der Waals surface area contributed by atoms with Crippen molar-refractivity contribution in [2.24, 2.45) is 0 Å². The smallest absolute Gasteiger partial charge is 0.219 e. The van der Waals surface area contributed by atoms with Gasteiger partial charge in [-0.25, -0.2) is 0 Å². The van der Waals surface area contributed by atoms with E-state index in [-0.39, 0.29) is 5.91 Å². The average Bonchev–Trinajstić information content (AvgIpc) is 2.27. The van der Waals surface area contributed by atoms with Gasteiger partial charge in [-0.2, -0.15) is 0 Å². The molecule has 0 rings (SSSR count). The van der Waals surface area contributed by atoms with Crippen LogP contribution in [0.25, 0.3) is 0 Å². The first-order chi connectivity index (χ1) is 7.81. The molecule has 1 amide bonds. The molecule has 0 fully saturated rings. The molecule has 0 aromatic heterocycles. The first kappa shape index (κ1) is 15.5. The molecule has 3 heteroatoms. The third kappa shape index (κ3) is 11.6. The number of amides is 1. The van der Waals surface area contributed by atoms with Gasteiger partial charge in [0.2, 0.25) is 5.91 Å². The van der Waals surface area contributed by atoms with Crippen LogP contribution in [0.3, 0.4) is 0 Å². The summed E-state index contributed by atoms with van der Waals surface area (Å²) in [6, 6.07) is 0. The van der Waals surface area contributed by atoms with Gasteiger partial charge in [-0.3, -0.25) is 4.79 Å². The van der Waals surface area contributed by atoms with Crippen molar-refractivity contribution in [2.75, 3.05) is 6.54 Å². The van der Waals surface area contributed by atoms with E-state index in [0.29, 0.717) is 6.42 Å². The Morgan fingerprint density at radius 2 is 1.75 bits per heavy atom. The van der Waals surface area contributed by atoms with Crippen LogP contribution >= 0.6 is 15.9 Å². The topological polar surface area (TPSA) is 29.1 Å². The van der Waals surface area contributed by atoms with E-state index in [9.17, 15) is 4.79 Å². The molecule has 0 aliphatic rings. The highest BCUT2D eigenvalue weighted by Crippen LogP contribution is 2.08. The lowest BCUT2D eigenvalue weighted by Crippen LogP contribution is -2.21. The normalized spacial score (nSPS) is 9.38. The molecule has 0 saturated heterocycles. The van der Waals surface area contributed by atoms with Gasteiger partial charge < -0.3 is 5.32 Å². The van der Waals surface area contributed by atoms with E-state index in [1.54, 1.807) is 0 Å². The van der Waals surface area contributed by atoms with Crippen LogP contribution in [0.5, 0.6) is 0 Å². The van der Waals surface area contributed by atoms with E-state index >= 15 is 0 Å². The molecule has 0 aliphatic heterocycles. The second-order valence-corrected chi connectivity index (χ2v) is 4.24. The minimum atomic E-state index is 0.190. The Balaban J connectivity index is 3.08. The van der Waals surface area contributed by atoms with Crippen LogP contribution in [-0.4, -0.2) is 12.5 Å². The summed E-state index contributed by atoms with van der Waals surface area (Å²) in [4.78, 5) is 13.8. The summed E-state index contributed by atoms with van der Waals surface area (Å²) in [7, 11) is 0. The van der Waals surface area contributed by atoms with Crippen LogP contribution in [0.1, 0.15) is 58.3 Å². The van der Waals surface area contributed by atoms with Gasteiger partial charge in [-0.1, -0.05) is 31.6 Å². The standard InChI is InChI=1S/C13H22BrNO/c1-2-15-13(16)11-9-7-5-3-4-6-8-10-12-14/h2-9,11H2,1H3,(H,15,16). The highest BCUT2D eigenvalue weighted by Gasteiger charge is 1.98. The zero-order valence-electron chi connectivity index (χ0n) is 10.2. The largest absolute Gasteiger partial charge is 0.356 e. The number of hydrogen-bond donors (Lipinski definition) is 1. The van der Waals surface area contributed by atoms with Crippen molar-refractivity contribution in [2.45, 2.75) is 58.3 Å². The minimum Gasteiger partial charge on any atom is -0.356 e. The predicted octanol–water partition coefficient (Wildman–Crippen LogP) is 3.60. The summed E-state index contributed by atoms with van der Waals surface area (Å²) < 4.78 is 0. The van der Waals surface area contributed by atoms with Gasteiger partial charge in [0.1, 0.15) is 0 Å². The van der Waals surface area contributed by atoms with Gasteiger partial charge >= 0.3 is 0 Å². The van der Waals surface area contributed by atoms with E-state index in [2.05, 4.69) is 32.0 Å². The van der Waals surface area contributed by atoms with Gasteiger partial charge in [0.25, 0.3) is 0 Å². The van der Waals surface area contributed by atoms with Crippen molar-refractivity contribution >= 4 is 21.8 Å². The fraction of sp³-hybridized carbons (Fsp3) is 0.769. The molecule has 0 heterocycles. The molecule has 0 bridgehead atoms. The van der Waals surface area contributed by atoms with E-state index in [4.69, 9.17) is 0 Å². The fourth-order valence-electron chi connectivity index (χ4n) is 1.54. The third-order valence-corrected chi connectivity index (χ3v) is 2.68. The first-order valence-electron chi connectivity index (χ1n) is 6.16. The molecule has 0 aromatic rings. The molecule has 0 radical (unpaired) electrons. The van der Waals surface area contributed by atoms with Crippen LogP contribution in [0, 0.1) is 10.8 Å². The quantitative estimate of drug-likeness (QED) is 0.510. The summed E-state index contributed by atoms with van der Waals surface area (Å²) in [5.74, 6) is 3.18. The maximum Gasteiger partial charge on any atom is 0.219 e. The highest BCUT2D eigenvalue weighted by atomic mass is 79.9. The lowest BCUT2D eigenvalue weighted by Gasteiger charge is -2.02. The van der Waals surface area contributed by atoms with Crippen LogP contribution in [0.2, 0.25) is 0 Å². The number of unbranched alkanes of at least 4 members (excludes halogenated alkanes) is 6. The Hall–Kier alpha value is -0.490. The molecule has 0 atom stereocenters. The molecule has 1 N–H and O–H groups in total. The number of carbonyl (C=O) groups excluding carboxylic acids is 1. The molecule has 2 nitrogen and oxygen atoms in total. The highest BCUT2D eigenvalue weighted by molar-refractivity contribution is 9.12. The van der Waals surface area contributed by atoms with Crippen molar-refractivity contribution in [1.29, 1.82) is 0 Å². The van der Waals surface area contributed by atoms with Gasteiger partial charge in [0.05, 0.1) is 0 Å². The third-order valence-electron chi connectivity index (χ3n) is 2.40. The van der Waals surface area contributed by atoms with Crippen LogP contribution in [-0.2, 0) is 4.79 Å². The number of hydrogen-bond acceptors (Lipinski definition) is 1. The summed E-state index contributed by atoms with van der Waals surface area (Å²) in [6.07, 6.45) is 8.81. The minimum absolute atomic E-state index is 0.190. The molecule has 0 aliphatic carbocycles. The first-order valence-corrected chi connectivity index (χ1v) is 6.95. The van der Waals surface area contributed by atoms with Crippen LogP contribution in [0.4, 0.5) is 0 Å². The molecule has 0 aromatic carbocycles. The van der Waals surface area contributed by atoms with Gasteiger partial charge in [-0.05, 0) is 24.6 Å². The number of nitrogens with one attached hydrogen (secondary N) is 1. The number of rotatable bonds is 9. The fourth-order valence-corrected chi connectivity index (χ4v) is 1.74. The molecule has 0 saturated carbocycles. The Bertz CT molecular complexity index is 230. The van der Waals surface area contributed by atoms with E-state index in [1.165, 1.54) is 32.1 Å². The van der Waals surface area contributed by atoms with Gasteiger partial charge in [-0.15, -0.1) is 0 Å². The molecular formula is C13H22BrNO. The summed E-state index contributed by atoms with van der Waals surface area (Å²) in [5.41, 5.74) is 0. The van der Waals surface area contributed by atoms with E-state index in [1.807, 2.05) is 6.92 Å². The second-order valence-electron chi connectivity index (χ2n) is 3.85. The molecular weight excluding hydrogens is 266 g/mol. The zero-order valence-corrected chi connectivity index (χ0v) is 11.7. The van der Waals surface area contributed by atoms with Crippen LogP contribution < -0.4 is 5.32 Å². The monoisotopic (exact) mass is 287 g/mol. The second kappa shape index (κ2) is 12.6. The Kier molecular flexibility index (Phi) is 12.2. The average molecular weight is 288 g/mol. The van der Waals surface area contributed by atoms with E-state index in [0.717, 1.165) is 19.4 Å². The van der Waals surface area contributed by atoms with E-state index < -0.39 is 0 Å². The number of halogens is 1. The lowest BCUT2D eigenvalue weighted by atomic mass is 10.1. The maximum absolute atomic E-state index is 11.1. The maximum atomic E-state index is 11.1. The molecule has 16 heavy (non-hydrogen) atoms. The van der Waals surface area contributed by atoms with Crippen molar-refractivity contribution in [3.63, 3.8) is 0 Å². The Morgan fingerprint density at radius 3 is 2.38 bits per heavy atom. The molecule has 0 spiro atoms. The molecule has 0 unspecified atom stereocenters. The summed E-state index contributed by atoms with van der Waals surface area (Å²) >= 11 is 3.08. The summed E-state index contributed by atoms with van der Waals surface area (Å²) in [5, 5.41) is 2.81. The Labute approximate surface area is 108 Å². The van der Waals surface area contributed by atoms with Crippen molar-refractivity contribution in [3.05, 3.63) is 0 Å². The van der Waals surface area contributed by atoms with Crippen molar-refractivity contribution in [1.82, 2.24) is 5.32 Å². The zero-order chi connectivity index (χ0) is 12.1. The lowest BCUT2D eigenvalue weighted by molar-refractivity contribution is -0.121. The predicted molar refractivity (Wildman–Crippen MR) is 72.3 cm³/mol. The Morgan fingerprint density at radius 1 is 1.12 bits per heavy atom. The van der Waals surface area contributed by atoms with Gasteiger partial charge in [0, 0.05) is 35.3 Å². The number of carbonyl (C=O) groups is 1. The van der Waals surface area contributed by atoms with Crippen LogP contribution in [0.15, 0.2) is 0 Å². The van der Waals surface area contributed by atoms with Gasteiger partial charge in [0.15, 0.2) is 0 Å².